The topological polar surface area (TPSA) is 227 Å². The lowest BCUT2D eigenvalue weighted by atomic mass is 9.88. The molecule has 0 aliphatic heterocycles. The van der Waals surface area contributed by atoms with E-state index < -0.39 is 29.5 Å². The van der Waals surface area contributed by atoms with E-state index >= 15 is 0 Å². The summed E-state index contributed by atoms with van der Waals surface area (Å²) < 4.78 is 6.33. The average Bonchev–Trinajstić information content (AvgIpc) is 4.32. The maximum absolute atomic E-state index is 13.9. The van der Waals surface area contributed by atoms with Crippen LogP contribution >= 0.6 is 0 Å². The van der Waals surface area contributed by atoms with Gasteiger partial charge in [-0.1, -0.05) is 72.5 Å². The quantitative estimate of drug-likeness (QED) is 0.0192. The van der Waals surface area contributed by atoms with Gasteiger partial charge < -0.3 is 60.4 Å². The molecular formula is C59H60N12O7. The van der Waals surface area contributed by atoms with E-state index in [1.54, 1.807) is 70.3 Å². The standard InChI is InChI=1S/C59H60N12O7/c1-36(72)63-39-28-49(69(5)32-39)59(78)66-42-31-51(71(35-42)27-10-14-37-19-20-47-45-17-8-13-38-12-7-16-44(54(38)45)46-18-9-15-43(37)55(46)47)57(76)62-25-22-53(74)64-40-29-50(70(6)33-40)58(77)65-41-30-48(68(4)34-41)56(75)61-24-21-52(73)60-23-11-26-67(2)3/h7-9,12-13,15-20,28-35H,11,21-27H2,1-6H3,(H,60,73)(H,61,75)(H,62,76)(H,63,72)(H,64,74)(H,65,77)(H,66,78). The summed E-state index contributed by atoms with van der Waals surface area (Å²) in [5.41, 5.74) is 3.27. The molecule has 0 fully saturated rings. The third kappa shape index (κ3) is 11.9. The highest BCUT2D eigenvalue weighted by Gasteiger charge is 2.21. The van der Waals surface area contributed by atoms with Crippen LogP contribution in [0.4, 0.5) is 22.7 Å². The number of nitrogens with one attached hydrogen (secondary N) is 7. The van der Waals surface area contributed by atoms with E-state index in [1.165, 1.54) is 46.7 Å². The minimum atomic E-state index is -0.513. The zero-order valence-corrected chi connectivity index (χ0v) is 44.2. The molecule has 0 aliphatic carbocycles. The Kier molecular flexibility index (Phi) is 15.7. The van der Waals surface area contributed by atoms with Crippen LogP contribution in [0.5, 0.6) is 0 Å². The molecule has 7 amide bonds. The molecule has 19 nitrogen and oxygen atoms in total. The van der Waals surface area contributed by atoms with Crippen molar-refractivity contribution in [2.75, 3.05) is 61.5 Å². The number of hydrogen-bond donors (Lipinski definition) is 7. The maximum atomic E-state index is 13.9. The molecule has 0 aliphatic rings. The first-order chi connectivity index (χ1) is 37.5. The molecule has 0 spiro atoms. The molecule has 0 saturated carbocycles. The van der Waals surface area contributed by atoms with Gasteiger partial charge in [-0.2, -0.15) is 0 Å². The van der Waals surface area contributed by atoms with Crippen LogP contribution in [0.25, 0.3) is 43.1 Å². The Morgan fingerprint density at radius 3 is 1.59 bits per heavy atom. The van der Waals surface area contributed by atoms with Crippen LogP contribution in [0.15, 0.2) is 116 Å². The third-order valence-corrected chi connectivity index (χ3v) is 13.3. The third-order valence-electron chi connectivity index (χ3n) is 13.3. The Morgan fingerprint density at radius 1 is 0.500 bits per heavy atom. The van der Waals surface area contributed by atoms with Gasteiger partial charge in [0.15, 0.2) is 0 Å². The van der Waals surface area contributed by atoms with E-state index in [9.17, 15) is 33.6 Å². The number of fused-ring (bicyclic) bond motifs is 2. The summed E-state index contributed by atoms with van der Waals surface area (Å²) in [5.74, 6) is 3.87. The highest BCUT2D eigenvalue weighted by atomic mass is 16.2. The van der Waals surface area contributed by atoms with Gasteiger partial charge in [-0.25, -0.2) is 0 Å². The molecule has 5 aromatic carbocycles. The minimum Gasteiger partial charge on any atom is -0.356 e. The van der Waals surface area contributed by atoms with E-state index in [-0.39, 0.29) is 67.1 Å². The fraction of sp³-hybridized carbons (Fsp3) is 0.237. The first-order valence-electron chi connectivity index (χ1n) is 25.5. The van der Waals surface area contributed by atoms with Crippen LogP contribution in [-0.2, 0) is 42.1 Å². The highest BCUT2D eigenvalue weighted by molar-refractivity contribution is 6.33. The van der Waals surface area contributed by atoms with E-state index in [4.69, 9.17) is 0 Å². The van der Waals surface area contributed by atoms with E-state index in [0.717, 1.165) is 40.1 Å². The number of hydrogen-bond acceptors (Lipinski definition) is 8. The smallest absolute Gasteiger partial charge is 0.272 e. The molecule has 19 heteroatoms. The molecule has 0 saturated heterocycles. The van der Waals surface area contributed by atoms with Crippen LogP contribution in [0.1, 0.15) is 73.7 Å². The summed E-state index contributed by atoms with van der Waals surface area (Å²) in [4.78, 5) is 93.0. The Labute approximate surface area is 449 Å². The Balaban J connectivity index is 0.842. The van der Waals surface area contributed by atoms with Crippen molar-refractivity contribution in [2.24, 2.45) is 21.1 Å². The maximum Gasteiger partial charge on any atom is 0.272 e. The number of anilines is 4. The number of rotatable bonds is 19. The fourth-order valence-electron chi connectivity index (χ4n) is 9.74. The number of carbonyl (C=O) groups is 7. The van der Waals surface area contributed by atoms with Gasteiger partial charge in [-0.15, -0.1) is 0 Å². The molecule has 4 heterocycles. The van der Waals surface area contributed by atoms with Gasteiger partial charge in [0.05, 0.1) is 29.3 Å². The number of nitrogens with zero attached hydrogens (tertiary/aromatic N) is 5. The lowest BCUT2D eigenvalue weighted by molar-refractivity contribution is -0.121. The normalized spacial score (nSPS) is 11.2. The largest absolute Gasteiger partial charge is 0.356 e. The summed E-state index contributed by atoms with van der Waals surface area (Å²) >= 11 is 0. The van der Waals surface area contributed by atoms with Gasteiger partial charge in [0.1, 0.15) is 22.8 Å². The lowest BCUT2D eigenvalue weighted by Crippen LogP contribution is -2.32. The zero-order chi connectivity index (χ0) is 55.2. The Morgan fingerprint density at radius 2 is 0.987 bits per heavy atom. The van der Waals surface area contributed by atoms with Crippen LogP contribution in [0.2, 0.25) is 0 Å². The second-order valence-electron chi connectivity index (χ2n) is 19.5. The summed E-state index contributed by atoms with van der Waals surface area (Å²) in [7, 11) is 8.93. The van der Waals surface area contributed by atoms with Crippen molar-refractivity contribution >= 4 is 107 Å². The molecule has 0 unspecified atom stereocenters. The molecule has 0 radical (unpaired) electrons. The average molecular weight is 1050 g/mol. The summed E-state index contributed by atoms with van der Waals surface area (Å²) in [5, 5.41) is 28.7. The van der Waals surface area contributed by atoms with Crippen molar-refractivity contribution in [3.8, 4) is 11.8 Å². The highest BCUT2D eigenvalue weighted by Crippen LogP contribution is 2.41. The van der Waals surface area contributed by atoms with Crippen molar-refractivity contribution in [1.29, 1.82) is 0 Å². The summed E-state index contributed by atoms with van der Waals surface area (Å²) in [6, 6.07) is 29.2. The van der Waals surface area contributed by atoms with Gasteiger partial charge in [-0.3, -0.25) is 33.6 Å². The van der Waals surface area contributed by atoms with Gasteiger partial charge in [0, 0.05) is 90.9 Å². The first kappa shape index (κ1) is 53.2. The number of amides is 7. The number of carbonyl (C=O) groups excluding carboxylic acids is 7. The molecule has 78 heavy (non-hydrogen) atoms. The SMILES string of the molecule is CC(=O)Nc1cc(C(=O)Nc2cc(C(=O)NCCC(=O)Nc3cc(C(=O)Nc4cc(C(=O)NCCC(=O)NCCCN(C)C)n(C)c4)n(C)c3)n(CC#Cc3ccc4c5cccc6cccc(c7cccc3c74)c65)c2)n(C)c1. The number of aryl methyl sites for hydroxylation is 3. The van der Waals surface area contributed by atoms with Gasteiger partial charge in [0.25, 0.3) is 23.6 Å². The fourth-order valence-corrected chi connectivity index (χ4v) is 9.74. The van der Waals surface area contributed by atoms with Crippen molar-refractivity contribution in [2.45, 2.75) is 32.7 Å². The Hall–Kier alpha value is -9.67. The Bertz CT molecular complexity index is 3830. The van der Waals surface area contributed by atoms with Crippen LogP contribution < -0.4 is 37.2 Å². The van der Waals surface area contributed by atoms with Crippen LogP contribution in [-0.4, -0.2) is 105 Å². The first-order valence-corrected chi connectivity index (χ1v) is 25.5. The molecule has 7 N–H and O–H groups in total. The van der Waals surface area contributed by atoms with Crippen molar-refractivity contribution in [3.05, 3.63) is 144 Å². The second-order valence-corrected chi connectivity index (χ2v) is 19.5. The number of benzene rings is 5. The molecule has 9 aromatic rings. The van der Waals surface area contributed by atoms with E-state index in [2.05, 4.69) is 104 Å². The predicted octanol–water partition coefficient (Wildman–Crippen LogP) is 7.02. The second kappa shape index (κ2) is 23.1. The predicted molar refractivity (Wildman–Crippen MR) is 304 cm³/mol. The van der Waals surface area contributed by atoms with E-state index in [0.29, 0.717) is 29.3 Å². The van der Waals surface area contributed by atoms with Crippen LogP contribution in [0, 0.1) is 11.8 Å². The molecular weight excluding hydrogens is 989 g/mol. The van der Waals surface area contributed by atoms with Crippen molar-refractivity contribution in [3.63, 3.8) is 0 Å². The molecule has 398 valence electrons. The molecule has 0 atom stereocenters. The van der Waals surface area contributed by atoms with Gasteiger partial charge in [0.2, 0.25) is 17.7 Å². The summed E-state index contributed by atoms with van der Waals surface area (Å²) in [6.07, 6.45) is 7.25. The molecule has 9 rings (SSSR count). The molecule has 4 aromatic heterocycles. The van der Waals surface area contributed by atoms with Crippen LogP contribution in [0.3, 0.4) is 0 Å². The summed E-state index contributed by atoms with van der Waals surface area (Å²) in [6.45, 7) is 2.95. The van der Waals surface area contributed by atoms with Gasteiger partial charge >= 0.3 is 0 Å². The van der Waals surface area contributed by atoms with E-state index in [1.807, 2.05) is 31.1 Å². The minimum absolute atomic E-state index is 0.0512. The van der Waals surface area contributed by atoms with Crippen molar-refractivity contribution in [1.82, 2.24) is 39.1 Å². The zero-order valence-electron chi connectivity index (χ0n) is 44.2. The monoisotopic (exact) mass is 1050 g/mol. The van der Waals surface area contributed by atoms with Crippen molar-refractivity contribution < 1.29 is 33.6 Å². The van der Waals surface area contributed by atoms with Gasteiger partial charge in [-0.05, 0) is 100 Å². The lowest BCUT2D eigenvalue weighted by Gasteiger charge is -2.14. The number of aromatic nitrogens is 4. The molecule has 0 bridgehead atoms.